The van der Waals surface area contributed by atoms with Crippen molar-refractivity contribution in [1.82, 2.24) is 0 Å². The van der Waals surface area contributed by atoms with E-state index >= 15 is 0 Å². The number of rotatable bonds is 2. The van der Waals surface area contributed by atoms with Crippen LogP contribution in [0.2, 0.25) is 0 Å². The third-order valence-corrected chi connectivity index (χ3v) is 2.59. The number of hydrogen-bond donors (Lipinski definition) is 2. The Bertz CT molecular complexity index is 488. The molecule has 0 unspecified atom stereocenters. The van der Waals surface area contributed by atoms with Crippen LogP contribution in [0.15, 0.2) is 60.7 Å². The highest BCUT2D eigenvalue weighted by Crippen LogP contribution is 2.13. The smallest absolute Gasteiger partial charge is 0.140 e. The molecule has 0 aliphatic carbocycles. The van der Waals surface area contributed by atoms with E-state index < -0.39 is 12.2 Å². The fraction of sp³-hybridized carbons (Fsp3) is 0.125. The van der Waals surface area contributed by atoms with Crippen molar-refractivity contribution in [3.8, 4) is 11.8 Å². The van der Waals surface area contributed by atoms with Gasteiger partial charge in [0.2, 0.25) is 0 Å². The fourth-order valence-electron chi connectivity index (χ4n) is 1.60. The minimum atomic E-state index is -0.871. The molecule has 0 saturated carbocycles. The Balaban J connectivity index is 2.09. The van der Waals surface area contributed by atoms with Crippen LogP contribution in [0, 0.1) is 11.8 Å². The summed E-state index contributed by atoms with van der Waals surface area (Å²) < 4.78 is 0. The zero-order valence-electron chi connectivity index (χ0n) is 9.82. The summed E-state index contributed by atoms with van der Waals surface area (Å²) in [5.74, 6) is 5.31. The molecule has 2 rings (SSSR count). The standard InChI is InChI=1S/C16H14O2/c17-15(13-7-3-1-4-8-13)11-12-16(18)14-9-5-2-6-10-14/h1-10,15-18H/t15-,16+. The summed E-state index contributed by atoms with van der Waals surface area (Å²) in [4.78, 5) is 0. The highest BCUT2D eigenvalue weighted by molar-refractivity contribution is 5.29. The summed E-state index contributed by atoms with van der Waals surface area (Å²) in [6, 6.07) is 18.3. The quantitative estimate of drug-likeness (QED) is 0.789. The first kappa shape index (κ1) is 12.4. The maximum atomic E-state index is 9.83. The lowest BCUT2D eigenvalue weighted by Gasteiger charge is -2.05. The highest BCUT2D eigenvalue weighted by Gasteiger charge is 2.04. The molecule has 0 bridgehead atoms. The normalized spacial score (nSPS) is 13.2. The molecular formula is C16H14O2. The van der Waals surface area contributed by atoms with Crippen molar-refractivity contribution < 1.29 is 10.2 Å². The summed E-state index contributed by atoms with van der Waals surface area (Å²) in [5.41, 5.74) is 1.45. The zero-order chi connectivity index (χ0) is 12.8. The van der Waals surface area contributed by atoms with Crippen LogP contribution >= 0.6 is 0 Å². The Labute approximate surface area is 107 Å². The molecule has 0 aliphatic rings. The van der Waals surface area contributed by atoms with Crippen LogP contribution in [0.4, 0.5) is 0 Å². The van der Waals surface area contributed by atoms with E-state index in [1.165, 1.54) is 0 Å². The van der Waals surface area contributed by atoms with Crippen LogP contribution in [0.3, 0.4) is 0 Å². The number of aliphatic hydroxyl groups excluding tert-OH is 2. The van der Waals surface area contributed by atoms with Crippen LogP contribution in [0.25, 0.3) is 0 Å². The first-order chi connectivity index (χ1) is 8.77. The summed E-state index contributed by atoms with van der Waals surface area (Å²) in [5, 5.41) is 19.7. The molecule has 2 atom stereocenters. The molecule has 2 N–H and O–H groups in total. The van der Waals surface area contributed by atoms with Gasteiger partial charge < -0.3 is 10.2 Å². The van der Waals surface area contributed by atoms with Crippen molar-refractivity contribution in [1.29, 1.82) is 0 Å². The molecule has 0 heterocycles. The maximum absolute atomic E-state index is 9.83. The van der Waals surface area contributed by atoms with Crippen LogP contribution in [0.1, 0.15) is 23.3 Å². The average Bonchev–Trinajstić information content (AvgIpc) is 2.46. The minimum Gasteiger partial charge on any atom is -0.376 e. The summed E-state index contributed by atoms with van der Waals surface area (Å²) >= 11 is 0. The second kappa shape index (κ2) is 6.02. The van der Waals surface area contributed by atoms with Crippen molar-refractivity contribution >= 4 is 0 Å². The zero-order valence-corrected chi connectivity index (χ0v) is 9.82. The van der Waals surface area contributed by atoms with E-state index in [9.17, 15) is 10.2 Å². The van der Waals surface area contributed by atoms with Crippen molar-refractivity contribution in [2.24, 2.45) is 0 Å². The third kappa shape index (κ3) is 3.21. The average molecular weight is 238 g/mol. The van der Waals surface area contributed by atoms with Crippen molar-refractivity contribution in [2.45, 2.75) is 12.2 Å². The molecule has 2 aromatic carbocycles. The molecule has 2 aromatic rings. The molecule has 0 radical (unpaired) electrons. The van der Waals surface area contributed by atoms with E-state index in [1.807, 2.05) is 36.4 Å². The van der Waals surface area contributed by atoms with Crippen molar-refractivity contribution in [3.05, 3.63) is 71.8 Å². The van der Waals surface area contributed by atoms with Gasteiger partial charge in [0.15, 0.2) is 0 Å². The summed E-state index contributed by atoms with van der Waals surface area (Å²) in [6.07, 6.45) is -1.74. The molecular weight excluding hydrogens is 224 g/mol. The van der Waals surface area contributed by atoms with Gasteiger partial charge in [-0.15, -0.1) is 0 Å². The Kier molecular flexibility index (Phi) is 4.14. The van der Waals surface area contributed by atoms with Crippen LogP contribution < -0.4 is 0 Å². The number of aliphatic hydroxyl groups is 2. The second-order valence-electron chi connectivity index (χ2n) is 3.92. The molecule has 0 aromatic heterocycles. The van der Waals surface area contributed by atoms with E-state index in [-0.39, 0.29) is 0 Å². The predicted octanol–water partition coefficient (Wildman–Crippen LogP) is 2.46. The molecule has 2 heteroatoms. The predicted molar refractivity (Wildman–Crippen MR) is 70.6 cm³/mol. The van der Waals surface area contributed by atoms with Gasteiger partial charge in [-0.05, 0) is 11.1 Å². The highest BCUT2D eigenvalue weighted by atomic mass is 16.3. The largest absolute Gasteiger partial charge is 0.376 e. The van der Waals surface area contributed by atoms with E-state index in [0.29, 0.717) is 0 Å². The molecule has 90 valence electrons. The minimum absolute atomic E-state index is 0.727. The topological polar surface area (TPSA) is 40.5 Å². The lowest BCUT2D eigenvalue weighted by atomic mass is 10.1. The monoisotopic (exact) mass is 238 g/mol. The van der Waals surface area contributed by atoms with Gasteiger partial charge in [-0.25, -0.2) is 0 Å². The fourth-order valence-corrected chi connectivity index (χ4v) is 1.60. The molecule has 18 heavy (non-hydrogen) atoms. The third-order valence-electron chi connectivity index (χ3n) is 2.59. The Morgan fingerprint density at radius 2 is 0.944 bits per heavy atom. The molecule has 2 nitrogen and oxygen atoms in total. The van der Waals surface area contributed by atoms with E-state index in [1.54, 1.807) is 24.3 Å². The lowest BCUT2D eigenvalue weighted by Crippen LogP contribution is -1.96. The Morgan fingerprint density at radius 3 is 1.28 bits per heavy atom. The van der Waals surface area contributed by atoms with E-state index in [2.05, 4.69) is 11.8 Å². The van der Waals surface area contributed by atoms with Gasteiger partial charge in [-0.3, -0.25) is 0 Å². The lowest BCUT2D eigenvalue weighted by molar-refractivity contribution is 0.227. The first-order valence-corrected chi connectivity index (χ1v) is 5.74. The van der Waals surface area contributed by atoms with Gasteiger partial charge in [0.05, 0.1) is 0 Å². The molecule has 0 aliphatic heterocycles. The molecule has 0 saturated heterocycles. The Hall–Kier alpha value is -2.08. The summed E-state index contributed by atoms with van der Waals surface area (Å²) in [7, 11) is 0. The number of hydrogen-bond acceptors (Lipinski definition) is 2. The van der Waals surface area contributed by atoms with Crippen LogP contribution in [0.5, 0.6) is 0 Å². The van der Waals surface area contributed by atoms with Gasteiger partial charge in [0, 0.05) is 0 Å². The van der Waals surface area contributed by atoms with Crippen molar-refractivity contribution in [2.75, 3.05) is 0 Å². The van der Waals surface area contributed by atoms with Crippen LogP contribution in [-0.4, -0.2) is 10.2 Å². The Morgan fingerprint density at radius 1 is 0.611 bits per heavy atom. The maximum Gasteiger partial charge on any atom is 0.140 e. The first-order valence-electron chi connectivity index (χ1n) is 5.74. The van der Waals surface area contributed by atoms with E-state index in [4.69, 9.17) is 0 Å². The van der Waals surface area contributed by atoms with Gasteiger partial charge in [-0.2, -0.15) is 0 Å². The van der Waals surface area contributed by atoms with Crippen LogP contribution in [-0.2, 0) is 0 Å². The van der Waals surface area contributed by atoms with Gasteiger partial charge >= 0.3 is 0 Å². The number of benzene rings is 2. The van der Waals surface area contributed by atoms with Crippen molar-refractivity contribution in [3.63, 3.8) is 0 Å². The molecule has 0 spiro atoms. The SMILES string of the molecule is O[C@H](C#C[C@H](O)c1ccccc1)c1ccccc1. The van der Waals surface area contributed by atoms with Gasteiger partial charge in [0.25, 0.3) is 0 Å². The second-order valence-corrected chi connectivity index (χ2v) is 3.92. The van der Waals surface area contributed by atoms with E-state index in [0.717, 1.165) is 11.1 Å². The summed E-state index contributed by atoms with van der Waals surface area (Å²) in [6.45, 7) is 0. The molecule has 0 amide bonds. The molecule has 0 fully saturated rings. The van der Waals surface area contributed by atoms with Gasteiger partial charge in [-0.1, -0.05) is 72.5 Å². The van der Waals surface area contributed by atoms with Gasteiger partial charge in [0.1, 0.15) is 12.2 Å².